The predicted octanol–water partition coefficient (Wildman–Crippen LogP) is 0.808. The molecule has 0 aromatic carbocycles. The van der Waals surface area contributed by atoms with E-state index in [1.54, 1.807) is 11.0 Å². The molecule has 1 aromatic rings. The largest absolute Gasteiger partial charge is 0.368 e. The van der Waals surface area contributed by atoms with Gasteiger partial charge in [-0.05, 0) is 32.4 Å². The number of hydrogen-bond acceptors (Lipinski definition) is 7. The molecule has 34 heavy (non-hydrogen) atoms. The average Bonchev–Trinajstić information content (AvgIpc) is 2.82. The van der Waals surface area contributed by atoms with Crippen molar-refractivity contribution in [2.45, 2.75) is 38.5 Å². The Bertz CT molecular complexity index is 1040. The maximum Gasteiger partial charge on any atom is 0.323 e. The van der Waals surface area contributed by atoms with Crippen molar-refractivity contribution in [2.75, 3.05) is 44.2 Å². The number of carbonyl (C=O) groups excluding carboxylic acids is 2. The average molecular weight is 471 g/mol. The van der Waals surface area contributed by atoms with Gasteiger partial charge in [0, 0.05) is 45.2 Å². The minimum atomic E-state index is -1.14. The SMILES string of the molecule is CCN1C(=O)NC2C(F)C(CN3CCN(c4ccc(C(N)=O)nc4C)CC3)CC3N=CN=C1C32. The zero-order chi connectivity index (χ0) is 24.0. The van der Waals surface area contributed by atoms with Crippen LogP contribution in [0.1, 0.15) is 29.5 Å². The Labute approximate surface area is 198 Å². The van der Waals surface area contributed by atoms with Crippen LogP contribution in [0.4, 0.5) is 14.9 Å². The van der Waals surface area contributed by atoms with Crippen LogP contribution in [0.3, 0.4) is 0 Å². The third kappa shape index (κ3) is 3.91. The number of carbonyl (C=O) groups is 2. The molecule has 3 N–H and O–H groups in total. The van der Waals surface area contributed by atoms with E-state index < -0.39 is 18.1 Å². The van der Waals surface area contributed by atoms with Gasteiger partial charge in [0.25, 0.3) is 5.91 Å². The van der Waals surface area contributed by atoms with Crippen molar-refractivity contribution in [2.24, 2.45) is 27.6 Å². The van der Waals surface area contributed by atoms with Crippen molar-refractivity contribution < 1.29 is 14.0 Å². The second-order valence-corrected chi connectivity index (χ2v) is 9.46. The third-order valence-electron chi connectivity index (χ3n) is 7.53. The molecule has 5 rings (SSSR count). The van der Waals surface area contributed by atoms with Crippen LogP contribution in [0.2, 0.25) is 0 Å². The van der Waals surface area contributed by atoms with Gasteiger partial charge in [-0.15, -0.1) is 0 Å². The molecule has 11 heteroatoms. The molecule has 10 nitrogen and oxygen atoms in total. The van der Waals surface area contributed by atoms with E-state index in [2.05, 4.69) is 30.1 Å². The highest BCUT2D eigenvalue weighted by Crippen LogP contribution is 2.39. The molecule has 3 fully saturated rings. The number of aryl methyl sites for hydroxylation is 1. The van der Waals surface area contributed by atoms with E-state index in [4.69, 9.17) is 5.73 Å². The van der Waals surface area contributed by atoms with Crippen LogP contribution in [0.25, 0.3) is 0 Å². The van der Waals surface area contributed by atoms with Gasteiger partial charge >= 0.3 is 6.03 Å². The van der Waals surface area contributed by atoms with E-state index in [-0.39, 0.29) is 29.6 Å². The summed E-state index contributed by atoms with van der Waals surface area (Å²) in [7, 11) is 0. The van der Waals surface area contributed by atoms with Crippen LogP contribution in [0.15, 0.2) is 22.1 Å². The molecule has 0 radical (unpaired) electrons. The highest BCUT2D eigenvalue weighted by atomic mass is 19.1. The van der Waals surface area contributed by atoms with E-state index in [0.717, 1.165) is 37.6 Å². The molecular weight excluding hydrogens is 439 g/mol. The van der Waals surface area contributed by atoms with Crippen LogP contribution >= 0.6 is 0 Å². The lowest BCUT2D eigenvalue weighted by molar-refractivity contribution is 0.0519. The monoisotopic (exact) mass is 470 g/mol. The maximum absolute atomic E-state index is 15.7. The van der Waals surface area contributed by atoms with Crippen LogP contribution < -0.4 is 16.0 Å². The molecule has 1 aliphatic carbocycles. The van der Waals surface area contributed by atoms with Gasteiger partial charge in [-0.3, -0.25) is 19.6 Å². The Hall–Kier alpha value is -3.08. The number of rotatable bonds is 5. The quantitative estimate of drug-likeness (QED) is 0.660. The fourth-order valence-electron chi connectivity index (χ4n) is 5.82. The maximum atomic E-state index is 15.7. The smallest absolute Gasteiger partial charge is 0.323 e. The number of nitrogens with one attached hydrogen (secondary N) is 1. The zero-order valence-electron chi connectivity index (χ0n) is 19.5. The highest BCUT2D eigenvalue weighted by molar-refractivity contribution is 6.05. The first-order valence-electron chi connectivity index (χ1n) is 11.9. The lowest BCUT2D eigenvalue weighted by Crippen LogP contribution is -2.69. The standard InChI is InChI=1S/C23H31FN8O2/c1-3-32-22-18-16(26-12-27-22)10-14(19(24)20(18)29-23(32)34)11-30-6-8-31(9-7-30)17-5-4-15(21(25)33)28-13(17)2/h4-5,12,14,16,18-20H,3,6-11H2,1-2H3,(H2,25,33)(H,29,34). The van der Waals surface area contributed by atoms with E-state index in [0.29, 0.717) is 25.3 Å². The summed E-state index contributed by atoms with van der Waals surface area (Å²) in [6, 6.07) is 2.61. The minimum absolute atomic E-state index is 0.0667. The summed E-state index contributed by atoms with van der Waals surface area (Å²) in [6.45, 7) is 8.06. The first-order valence-corrected chi connectivity index (χ1v) is 11.9. The van der Waals surface area contributed by atoms with Gasteiger partial charge in [-0.1, -0.05) is 0 Å². The summed E-state index contributed by atoms with van der Waals surface area (Å²) in [4.78, 5) is 43.3. The predicted molar refractivity (Wildman–Crippen MR) is 127 cm³/mol. The second kappa shape index (κ2) is 8.94. The number of pyridine rings is 1. The molecule has 0 bridgehead atoms. The van der Waals surface area contributed by atoms with Crippen molar-refractivity contribution in [1.29, 1.82) is 0 Å². The Morgan fingerprint density at radius 3 is 2.71 bits per heavy atom. The number of anilines is 1. The van der Waals surface area contributed by atoms with Crippen molar-refractivity contribution >= 4 is 29.8 Å². The van der Waals surface area contributed by atoms with Gasteiger partial charge in [0.1, 0.15) is 24.0 Å². The van der Waals surface area contributed by atoms with Crippen molar-refractivity contribution in [3.8, 4) is 0 Å². The van der Waals surface area contributed by atoms with Crippen LogP contribution in [-0.4, -0.2) is 96.4 Å². The molecule has 3 aliphatic heterocycles. The molecular formula is C23H31FN8O2. The number of halogens is 1. The first kappa shape index (κ1) is 22.7. The summed E-state index contributed by atoms with van der Waals surface area (Å²) in [5, 5.41) is 2.90. The molecule has 5 atom stereocenters. The van der Waals surface area contributed by atoms with Gasteiger partial charge in [0.05, 0.1) is 29.4 Å². The van der Waals surface area contributed by atoms with E-state index in [1.165, 1.54) is 6.34 Å². The lowest BCUT2D eigenvalue weighted by Gasteiger charge is -2.50. The third-order valence-corrected chi connectivity index (χ3v) is 7.53. The van der Waals surface area contributed by atoms with Crippen LogP contribution in [-0.2, 0) is 0 Å². The topological polar surface area (TPSA) is 120 Å². The summed E-state index contributed by atoms with van der Waals surface area (Å²) in [5.41, 5.74) is 7.35. The molecule has 182 valence electrons. The van der Waals surface area contributed by atoms with Gasteiger partial charge < -0.3 is 16.0 Å². The van der Waals surface area contributed by atoms with Crippen LogP contribution in [0.5, 0.6) is 0 Å². The fraction of sp³-hybridized carbons (Fsp3) is 0.609. The Morgan fingerprint density at radius 1 is 1.26 bits per heavy atom. The number of amidine groups is 1. The van der Waals surface area contributed by atoms with Gasteiger partial charge in [0.2, 0.25) is 0 Å². The number of nitrogens with zero attached hydrogens (tertiary/aromatic N) is 6. The Morgan fingerprint density at radius 2 is 2.03 bits per heavy atom. The molecule has 1 aromatic heterocycles. The number of amides is 3. The zero-order valence-corrected chi connectivity index (χ0v) is 19.5. The summed E-state index contributed by atoms with van der Waals surface area (Å²) >= 11 is 0. The van der Waals surface area contributed by atoms with E-state index >= 15 is 4.39 Å². The van der Waals surface area contributed by atoms with Crippen LogP contribution in [0, 0.1) is 18.8 Å². The first-order chi connectivity index (χ1) is 16.4. The van der Waals surface area contributed by atoms with Crippen molar-refractivity contribution in [3.63, 3.8) is 0 Å². The van der Waals surface area contributed by atoms with Crippen molar-refractivity contribution in [3.05, 3.63) is 23.5 Å². The van der Waals surface area contributed by atoms with Gasteiger partial charge in [-0.2, -0.15) is 0 Å². The molecule has 4 aliphatic rings. The number of nitrogens with two attached hydrogens (primary N) is 1. The van der Waals surface area contributed by atoms with E-state index in [1.807, 2.05) is 19.9 Å². The molecule has 3 amide bonds. The fourth-order valence-corrected chi connectivity index (χ4v) is 5.82. The molecule has 0 spiro atoms. The number of hydrogen-bond donors (Lipinski definition) is 2. The highest BCUT2D eigenvalue weighted by Gasteiger charge is 2.53. The summed E-state index contributed by atoms with van der Waals surface area (Å²) in [6.07, 6.45) is 1.03. The number of aliphatic imine (C=N–C) groups is 2. The Balaban J connectivity index is 1.23. The number of alkyl halides is 1. The van der Waals surface area contributed by atoms with Gasteiger partial charge in [0.15, 0.2) is 0 Å². The molecule has 4 heterocycles. The summed E-state index contributed by atoms with van der Waals surface area (Å²) in [5.74, 6) is -0.296. The number of piperazine rings is 1. The summed E-state index contributed by atoms with van der Waals surface area (Å²) < 4.78 is 15.7. The van der Waals surface area contributed by atoms with Gasteiger partial charge in [-0.25, -0.2) is 19.2 Å². The number of primary amides is 1. The normalized spacial score (nSPS) is 31.1. The van der Waals surface area contributed by atoms with E-state index in [9.17, 15) is 9.59 Å². The molecule has 1 saturated carbocycles. The molecule has 5 unspecified atom stereocenters. The lowest BCUT2D eigenvalue weighted by atomic mass is 9.71. The molecule has 2 saturated heterocycles. The number of urea groups is 1. The number of aromatic nitrogens is 1. The second-order valence-electron chi connectivity index (χ2n) is 9.46. The Kier molecular flexibility index (Phi) is 5.97. The minimum Gasteiger partial charge on any atom is -0.368 e. The van der Waals surface area contributed by atoms with Crippen molar-refractivity contribution in [1.82, 2.24) is 20.1 Å².